The second-order valence-corrected chi connectivity index (χ2v) is 7.36. The van der Waals surface area contributed by atoms with Gasteiger partial charge in [0.25, 0.3) is 0 Å². The Morgan fingerprint density at radius 2 is 2.05 bits per heavy atom. The molecule has 2 aliphatic rings. The number of hydrogen-bond acceptors (Lipinski definition) is 5. The van der Waals surface area contributed by atoms with Crippen molar-refractivity contribution >= 4 is 22.4 Å². The fraction of sp³-hybridized carbons (Fsp3) is 0.750. The zero-order valence-corrected chi connectivity index (χ0v) is 13.8. The number of aliphatic hydroxyl groups is 1. The van der Waals surface area contributed by atoms with Crippen molar-refractivity contribution in [2.75, 3.05) is 24.5 Å². The van der Waals surface area contributed by atoms with Crippen molar-refractivity contribution in [2.24, 2.45) is 0 Å². The Kier molecular flexibility index (Phi) is 4.98. The number of thiazole rings is 1. The van der Waals surface area contributed by atoms with Gasteiger partial charge in [-0.1, -0.05) is 12.8 Å². The summed E-state index contributed by atoms with van der Waals surface area (Å²) in [5.74, 6) is -0.0422. The third-order valence-corrected chi connectivity index (χ3v) is 5.59. The van der Waals surface area contributed by atoms with Crippen molar-refractivity contribution in [3.8, 4) is 0 Å². The number of anilines is 1. The minimum Gasteiger partial charge on any atom is -0.389 e. The van der Waals surface area contributed by atoms with E-state index in [4.69, 9.17) is 0 Å². The second-order valence-electron chi connectivity index (χ2n) is 6.52. The molecule has 122 valence electrons. The summed E-state index contributed by atoms with van der Waals surface area (Å²) in [6.07, 6.45) is 7.08. The Morgan fingerprint density at radius 1 is 1.32 bits per heavy atom. The first-order valence-corrected chi connectivity index (χ1v) is 9.21. The van der Waals surface area contributed by atoms with Crippen LogP contribution in [-0.2, 0) is 11.2 Å². The highest BCUT2D eigenvalue weighted by Crippen LogP contribution is 2.32. The van der Waals surface area contributed by atoms with Crippen molar-refractivity contribution in [1.82, 2.24) is 10.3 Å². The zero-order chi connectivity index (χ0) is 15.4. The molecule has 0 bridgehead atoms. The zero-order valence-electron chi connectivity index (χ0n) is 13.0. The molecule has 0 radical (unpaired) electrons. The summed E-state index contributed by atoms with van der Waals surface area (Å²) in [6.45, 7) is 2.82. The molecule has 3 rings (SSSR count). The first-order valence-electron chi connectivity index (χ1n) is 8.33. The predicted molar refractivity (Wildman–Crippen MR) is 88.3 cm³/mol. The maximum absolute atomic E-state index is 11.9. The molecule has 0 spiro atoms. The summed E-state index contributed by atoms with van der Waals surface area (Å²) >= 11 is 1.69. The minimum atomic E-state index is -0.756. The average molecular weight is 323 g/mol. The van der Waals surface area contributed by atoms with E-state index in [1.165, 1.54) is 12.8 Å². The number of carbonyl (C=O) groups excluding carboxylic acids is 1. The van der Waals surface area contributed by atoms with Gasteiger partial charge in [0, 0.05) is 31.4 Å². The highest BCUT2D eigenvalue weighted by Gasteiger charge is 2.33. The van der Waals surface area contributed by atoms with Gasteiger partial charge in [0.15, 0.2) is 5.13 Å². The van der Waals surface area contributed by atoms with Gasteiger partial charge in [-0.3, -0.25) is 4.79 Å². The quantitative estimate of drug-likeness (QED) is 0.841. The van der Waals surface area contributed by atoms with Crippen LogP contribution in [0.1, 0.15) is 50.6 Å². The molecular formula is C16H25N3O2S. The van der Waals surface area contributed by atoms with Crippen LogP contribution in [0.5, 0.6) is 0 Å². The van der Waals surface area contributed by atoms with Gasteiger partial charge in [0.2, 0.25) is 5.91 Å². The van der Waals surface area contributed by atoms with Crippen LogP contribution in [-0.4, -0.2) is 41.2 Å². The molecule has 5 nitrogen and oxygen atoms in total. The molecule has 1 aromatic heterocycles. The van der Waals surface area contributed by atoms with Crippen LogP contribution >= 0.6 is 11.3 Å². The number of hydrogen-bond donors (Lipinski definition) is 2. The third kappa shape index (κ3) is 3.98. The summed E-state index contributed by atoms with van der Waals surface area (Å²) in [5.41, 5.74) is 0.292. The Morgan fingerprint density at radius 3 is 2.77 bits per heavy atom. The Hall–Kier alpha value is -1.14. The monoisotopic (exact) mass is 323 g/mol. The Balaban J connectivity index is 1.40. The molecule has 2 heterocycles. The highest BCUT2D eigenvalue weighted by molar-refractivity contribution is 7.13. The molecule has 1 saturated heterocycles. The molecular weight excluding hydrogens is 298 g/mol. The number of nitrogens with zero attached hydrogens (tertiary/aromatic N) is 2. The summed E-state index contributed by atoms with van der Waals surface area (Å²) in [7, 11) is 0. The van der Waals surface area contributed by atoms with Gasteiger partial charge in [0.05, 0.1) is 17.7 Å². The third-order valence-electron chi connectivity index (χ3n) is 4.64. The number of carbonyl (C=O) groups is 1. The number of nitrogens with one attached hydrogen (secondary N) is 1. The van der Waals surface area contributed by atoms with Crippen LogP contribution in [0, 0.1) is 0 Å². The van der Waals surface area contributed by atoms with Crippen LogP contribution < -0.4 is 10.2 Å². The molecule has 6 heteroatoms. The van der Waals surface area contributed by atoms with E-state index in [9.17, 15) is 9.90 Å². The smallest absolute Gasteiger partial charge is 0.222 e. The van der Waals surface area contributed by atoms with Gasteiger partial charge < -0.3 is 15.3 Å². The van der Waals surface area contributed by atoms with E-state index >= 15 is 0 Å². The molecule has 2 fully saturated rings. The summed E-state index contributed by atoms with van der Waals surface area (Å²) in [5, 5.41) is 16.3. The van der Waals surface area contributed by atoms with Gasteiger partial charge in [-0.15, -0.1) is 11.3 Å². The van der Waals surface area contributed by atoms with Crippen molar-refractivity contribution in [3.63, 3.8) is 0 Å². The molecule has 0 atom stereocenters. The normalized spacial score (nSPS) is 20.5. The molecule has 22 heavy (non-hydrogen) atoms. The molecule has 1 aliphatic carbocycles. The van der Waals surface area contributed by atoms with E-state index in [1.807, 2.05) is 0 Å². The Bertz CT molecular complexity index is 505. The topological polar surface area (TPSA) is 65.5 Å². The molecule has 1 aliphatic heterocycles. The van der Waals surface area contributed by atoms with E-state index in [2.05, 4.69) is 20.6 Å². The van der Waals surface area contributed by atoms with Crippen LogP contribution in [0.3, 0.4) is 0 Å². The van der Waals surface area contributed by atoms with E-state index in [1.54, 1.807) is 11.3 Å². The van der Waals surface area contributed by atoms with Crippen LogP contribution in [0.15, 0.2) is 5.38 Å². The molecule has 0 aromatic carbocycles. The lowest BCUT2D eigenvalue weighted by Gasteiger charge is -2.20. The van der Waals surface area contributed by atoms with Crippen molar-refractivity contribution in [2.45, 2.75) is 57.0 Å². The minimum absolute atomic E-state index is 0.0422. The number of rotatable bonds is 6. The summed E-state index contributed by atoms with van der Waals surface area (Å²) < 4.78 is 0. The molecule has 1 aromatic rings. The lowest BCUT2D eigenvalue weighted by molar-refractivity contribution is -0.125. The average Bonchev–Trinajstić information content (AvgIpc) is 3.18. The highest BCUT2D eigenvalue weighted by atomic mass is 32.1. The van der Waals surface area contributed by atoms with Gasteiger partial charge >= 0.3 is 0 Å². The van der Waals surface area contributed by atoms with E-state index in [0.29, 0.717) is 6.54 Å². The largest absolute Gasteiger partial charge is 0.389 e. The van der Waals surface area contributed by atoms with E-state index in [0.717, 1.165) is 56.0 Å². The van der Waals surface area contributed by atoms with Crippen molar-refractivity contribution in [1.29, 1.82) is 0 Å². The summed E-state index contributed by atoms with van der Waals surface area (Å²) in [6, 6.07) is 0. The van der Waals surface area contributed by atoms with Crippen molar-refractivity contribution < 1.29 is 9.90 Å². The lowest BCUT2D eigenvalue weighted by Crippen LogP contribution is -2.35. The lowest BCUT2D eigenvalue weighted by atomic mass is 9.98. The first-order chi connectivity index (χ1) is 10.6. The fourth-order valence-electron chi connectivity index (χ4n) is 3.37. The summed E-state index contributed by atoms with van der Waals surface area (Å²) in [4.78, 5) is 18.9. The second kappa shape index (κ2) is 6.96. The van der Waals surface area contributed by atoms with Gasteiger partial charge in [0.1, 0.15) is 0 Å². The molecule has 2 N–H and O–H groups in total. The maximum atomic E-state index is 11.9. The molecule has 1 saturated carbocycles. The van der Waals surface area contributed by atoms with Gasteiger partial charge in [-0.25, -0.2) is 4.98 Å². The fourth-order valence-corrected chi connectivity index (χ4v) is 4.28. The number of aromatic nitrogens is 1. The first kappa shape index (κ1) is 15.7. The molecule has 0 unspecified atom stereocenters. The van der Waals surface area contributed by atoms with Crippen LogP contribution in [0.2, 0.25) is 0 Å². The van der Waals surface area contributed by atoms with Crippen LogP contribution in [0.25, 0.3) is 0 Å². The van der Waals surface area contributed by atoms with E-state index < -0.39 is 5.60 Å². The van der Waals surface area contributed by atoms with Crippen molar-refractivity contribution in [3.05, 3.63) is 11.1 Å². The van der Waals surface area contributed by atoms with Crippen LogP contribution in [0.4, 0.5) is 5.13 Å². The van der Waals surface area contributed by atoms with Gasteiger partial charge in [-0.2, -0.15) is 0 Å². The van der Waals surface area contributed by atoms with Gasteiger partial charge in [-0.05, 0) is 25.7 Å². The Labute approximate surface area is 135 Å². The van der Waals surface area contributed by atoms with E-state index in [-0.39, 0.29) is 12.3 Å². The predicted octanol–water partition coefficient (Wildman–Crippen LogP) is 2.10. The molecule has 1 amide bonds. The standard InChI is InChI=1S/C16H25N3O2S/c20-14(11-16(21)6-1-2-7-16)17-8-5-13-12-22-15(18-13)19-9-3-4-10-19/h12,21H,1-11H2,(H,17,20). The number of amides is 1. The maximum Gasteiger partial charge on any atom is 0.222 e. The SMILES string of the molecule is O=C(CC1(O)CCCC1)NCCc1csc(N2CCCC2)n1.